The Morgan fingerprint density at radius 1 is 1.20 bits per heavy atom. The van der Waals surface area contributed by atoms with Gasteiger partial charge in [0.2, 0.25) is 0 Å². The molecule has 0 unspecified atom stereocenters. The van der Waals surface area contributed by atoms with Crippen LogP contribution in [-0.2, 0) is 12.0 Å². The number of piperidine rings is 1. The van der Waals surface area contributed by atoms with Gasteiger partial charge in [0.25, 0.3) is 5.91 Å². The van der Waals surface area contributed by atoms with Crippen LogP contribution in [0.2, 0.25) is 0 Å². The van der Waals surface area contributed by atoms with Crippen LogP contribution in [0, 0.1) is 6.92 Å². The summed E-state index contributed by atoms with van der Waals surface area (Å²) in [4.78, 5) is 31.2. The molecule has 4 rings (SSSR count). The Labute approximate surface area is 177 Å². The van der Waals surface area contributed by atoms with Crippen LogP contribution in [0.25, 0.3) is 0 Å². The van der Waals surface area contributed by atoms with Crippen molar-refractivity contribution in [3.63, 3.8) is 0 Å². The number of aromatic nitrogens is 2. The van der Waals surface area contributed by atoms with E-state index in [9.17, 15) is 9.59 Å². The summed E-state index contributed by atoms with van der Waals surface area (Å²) in [5.41, 5.74) is 2.59. The molecule has 2 aliphatic rings. The summed E-state index contributed by atoms with van der Waals surface area (Å²) in [5.74, 6) is 0.638. The summed E-state index contributed by atoms with van der Waals surface area (Å²) in [6.07, 6.45) is 5.24. The standard InChI is InChI=1S/C22H31N5O3/c1-15(2)27-13-17-12-26(20(28)18-6-11-30-16(18)3)14-22(19(17)23-27)7-9-25(10-8-22)21(29)24(4)5/h6,11,13,15H,7-10,12,14H2,1-5H3. The molecule has 1 fully saturated rings. The van der Waals surface area contributed by atoms with Crippen molar-refractivity contribution in [2.24, 2.45) is 0 Å². The maximum atomic E-state index is 13.3. The van der Waals surface area contributed by atoms with Crippen molar-refractivity contribution in [2.75, 3.05) is 33.7 Å². The number of urea groups is 1. The first-order valence-electron chi connectivity index (χ1n) is 10.6. The topological polar surface area (TPSA) is 74.8 Å². The molecule has 30 heavy (non-hydrogen) atoms. The van der Waals surface area contributed by atoms with E-state index in [4.69, 9.17) is 9.52 Å². The molecule has 4 heterocycles. The molecular weight excluding hydrogens is 382 g/mol. The summed E-state index contributed by atoms with van der Waals surface area (Å²) in [5, 5.41) is 4.95. The molecule has 1 spiro atoms. The Morgan fingerprint density at radius 2 is 1.90 bits per heavy atom. The Hall–Kier alpha value is -2.77. The van der Waals surface area contributed by atoms with E-state index >= 15 is 0 Å². The largest absolute Gasteiger partial charge is 0.469 e. The highest BCUT2D eigenvalue weighted by atomic mass is 16.3. The van der Waals surface area contributed by atoms with Crippen LogP contribution in [0.15, 0.2) is 22.9 Å². The zero-order valence-electron chi connectivity index (χ0n) is 18.5. The summed E-state index contributed by atoms with van der Waals surface area (Å²) in [6, 6.07) is 2.04. The molecule has 2 aliphatic heterocycles. The number of fused-ring (bicyclic) bond motifs is 2. The van der Waals surface area contributed by atoms with Gasteiger partial charge in [-0.3, -0.25) is 9.48 Å². The first kappa shape index (κ1) is 20.5. The molecule has 3 amide bonds. The van der Waals surface area contributed by atoms with Crippen LogP contribution < -0.4 is 0 Å². The smallest absolute Gasteiger partial charge is 0.319 e. The second kappa shape index (κ2) is 7.49. The van der Waals surface area contributed by atoms with Crippen LogP contribution in [0.1, 0.15) is 60.1 Å². The predicted molar refractivity (Wildman–Crippen MR) is 112 cm³/mol. The first-order chi connectivity index (χ1) is 14.2. The molecule has 2 aromatic rings. The van der Waals surface area contributed by atoms with Gasteiger partial charge in [-0.2, -0.15) is 5.10 Å². The molecule has 0 saturated carbocycles. The summed E-state index contributed by atoms with van der Waals surface area (Å²) < 4.78 is 7.37. The van der Waals surface area contributed by atoms with Crippen LogP contribution in [0.4, 0.5) is 4.79 Å². The van der Waals surface area contributed by atoms with Gasteiger partial charge in [-0.15, -0.1) is 0 Å². The molecule has 0 aromatic carbocycles. The summed E-state index contributed by atoms with van der Waals surface area (Å²) in [7, 11) is 3.56. The normalized spacial score (nSPS) is 18.1. The fraction of sp³-hybridized carbons (Fsp3) is 0.591. The molecule has 0 atom stereocenters. The lowest BCUT2D eigenvalue weighted by Crippen LogP contribution is -2.55. The van der Waals surface area contributed by atoms with Gasteiger partial charge < -0.3 is 19.1 Å². The van der Waals surface area contributed by atoms with E-state index in [2.05, 4.69) is 20.0 Å². The number of hydrogen-bond acceptors (Lipinski definition) is 4. The molecular formula is C22H31N5O3. The van der Waals surface area contributed by atoms with Gasteiger partial charge in [0.1, 0.15) is 5.76 Å². The van der Waals surface area contributed by atoms with Crippen molar-refractivity contribution in [2.45, 2.75) is 51.6 Å². The Bertz CT molecular complexity index is 950. The van der Waals surface area contributed by atoms with Gasteiger partial charge >= 0.3 is 6.03 Å². The third-order valence-electron chi connectivity index (χ3n) is 6.44. The molecule has 0 N–H and O–H groups in total. The SMILES string of the molecule is Cc1occc1C(=O)N1Cc2cn(C(C)C)nc2C2(CCN(C(=O)N(C)C)CC2)C1. The maximum Gasteiger partial charge on any atom is 0.319 e. The second-order valence-corrected chi connectivity index (χ2v) is 9.07. The van der Waals surface area contributed by atoms with Crippen molar-refractivity contribution >= 4 is 11.9 Å². The van der Waals surface area contributed by atoms with Crippen LogP contribution >= 0.6 is 0 Å². The summed E-state index contributed by atoms with van der Waals surface area (Å²) in [6.45, 7) is 8.54. The monoisotopic (exact) mass is 413 g/mol. The number of amides is 3. The minimum Gasteiger partial charge on any atom is -0.469 e. The summed E-state index contributed by atoms with van der Waals surface area (Å²) >= 11 is 0. The molecule has 0 bridgehead atoms. The lowest BCUT2D eigenvalue weighted by Gasteiger charge is -2.46. The van der Waals surface area contributed by atoms with E-state index in [0.29, 0.717) is 37.5 Å². The van der Waals surface area contributed by atoms with E-state index in [1.54, 1.807) is 31.3 Å². The highest BCUT2D eigenvalue weighted by Gasteiger charge is 2.46. The quantitative estimate of drug-likeness (QED) is 0.758. The lowest BCUT2D eigenvalue weighted by molar-refractivity contribution is 0.0582. The van der Waals surface area contributed by atoms with E-state index in [0.717, 1.165) is 24.1 Å². The minimum atomic E-state index is -0.232. The molecule has 8 heteroatoms. The van der Waals surface area contributed by atoms with Gasteiger partial charge in [-0.05, 0) is 39.7 Å². The second-order valence-electron chi connectivity index (χ2n) is 9.07. The number of carbonyl (C=O) groups excluding carboxylic acids is 2. The van der Waals surface area contributed by atoms with E-state index < -0.39 is 0 Å². The average Bonchev–Trinajstić information content (AvgIpc) is 3.34. The van der Waals surface area contributed by atoms with Gasteiger partial charge in [-0.1, -0.05) is 0 Å². The van der Waals surface area contributed by atoms with E-state index in [1.807, 2.05) is 21.4 Å². The lowest BCUT2D eigenvalue weighted by atomic mass is 9.72. The zero-order valence-corrected chi connectivity index (χ0v) is 18.5. The molecule has 0 radical (unpaired) electrons. The third kappa shape index (κ3) is 3.38. The Morgan fingerprint density at radius 3 is 2.47 bits per heavy atom. The van der Waals surface area contributed by atoms with Crippen molar-refractivity contribution in [3.8, 4) is 0 Å². The van der Waals surface area contributed by atoms with Crippen molar-refractivity contribution in [1.29, 1.82) is 0 Å². The first-order valence-corrected chi connectivity index (χ1v) is 10.6. The van der Waals surface area contributed by atoms with Crippen LogP contribution in [-0.4, -0.2) is 70.1 Å². The third-order valence-corrected chi connectivity index (χ3v) is 6.44. The highest BCUT2D eigenvalue weighted by Crippen LogP contribution is 2.42. The molecule has 0 aliphatic carbocycles. The fourth-order valence-corrected chi connectivity index (χ4v) is 4.68. The Balaban J connectivity index is 1.66. The number of nitrogens with zero attached hydrogens (tertiary/aromatic N) is 5. The number of furan rings is 1. The van der Waals surface area contributed by atoms with Gasteiger partial charge in [0, 0.05) is 63.5 Å². The molecule has 2 aromatic heterocycles. The number of hydrogen-bond donors (Lipinski definition) is 0. The van der Waals surface area contributed by atoms with Crippen molar-refractivity contribution < 1.29 is 14.0 Å². The van der Waals surface area contributed by atoms with Gasteiger partial charge in [0.15, 0.2) is 0 Å². The van der Waals surface area contributed by atoms with Crippen molar-refractivity contribution in [1.82, 2.24) is 24.5 Å². The van der Waals surface area contributed by atoms with Crippen LogP contribution in [0.5, 0.6) is 0 Å². The number of likely N-dealkylation sites (tertiary alicyclic amines) is 1. The molecule has 162 valence electrons. The number of carbonyl (C=O) groups is 2. The predicted octanol–water partition coefficient (Wildman–Crippen LogP) is 3.04. The Kier molecular flexibility index (Phi) is 5.11. The van der Waals surface area contributed by atoms with E-state index in [-0.39, 0.29) is 23.4 Å². The highest BCUT2D eigenvalue weighted by molar-refractivity contribution is 5.95. The van der Waals surface area contributed by atoms with Crippen molar-refractivity contribution in [3.05, 3.63) is 41.1 Å². The fourth-order valence-electron chi connectivity index (χ4n) is 4.68. The average molecular weight is 414 g/mol. The van der Waals surface area contributed by atoms with Crippen LogP contribution in [0.3, 0.4) is 0 Å². The number of rotatable bonds is 2. The maximum absolute atomic E-state index is 13.3. The molecule has 1 saturated heterocycles. The zero-order chi connectivity index (χ0) is 21.6. The minimum absolute atomic E-state index is 0.00429. The van der Waals surface area contributed by atoms with Gasteiger partial charge in [-0.25, -0.2) is 4.79 Å². The van der Waals surface area contributed by atoms with Gasteiger partial charge in [0.05, 0.1) is 17.5 Å². The molecule has 8 nitrogen and oxygen atoms in total. The van der Waals surface area contributed by atoms with E-state index in [1.165, 1.54) is 0 Å². The number of aryl methyl sites for hydroxylation is 1.